The van der Waals surface area contributed by atoms with Gasteiger partial charge in [-0.05, 0) is 29.7 Å². The third kappa shape index (κ3) is 5.88. The molecule has 0 saturated carbocycles. The molecule has 0 spiro atoms. The normalized spacial score (nSPS) is 11.6. The summed E-state index contributed by atoms with van der Waals surface area (Å²) in [6, 6.07) is 24.9. The van der Waals surface area contributed by atoms with Crippen molar-refractivity contribution in [2.75, 3.05) is 0 Å². The van der Waals surface area contributed by atoms with E-state index >= 15 is 0 Å². The maximum Gasteiger partial charge on any atom is 0.269 e. The molecule has 0 radical (unpaired) electrons. The van der Waals surface area contributed by atoms with Crippen LogP contribution >= 0.6 is 0 Å². The number of nitro groups is 1. The lowest BCUT2D eigenvalue weighted by Gasteiger charge is -2.15. The Morgan fingerprint density at radius 2 is 1.58 bits per heavy atom. The molecule has 4 rings (SSSR count). The van der Waals surface area contributed by atoms with E-state index in [1.165, 1.54) is 12.1 Å². The molecule has 166 valence electrons. The van der Waals surface area contributed by atoms with Crippen LogP contribution in [0.25, 0.3) is 11.4 Å². The molecule has 0 unspecified atom stereocenters. The molecule has 1 aromatic heterocycles. The minimum Gasteiger partial charge on any atom is -0.344 e. The number of hydrogen-bond acceptors (Lipinski definition) is 6. The van der Waals surface area contributed by atoms with Crippen molar-refractivity contribution in [2.45, 2.75) is 25.3 Å². The van der Waals surface area contributed by atoms with E-state index in [-0.39, 0.29) is 17.5 Å². The van der Waals surface area contributed by atoms with Gasteiger partial charge in [0.2, 0.25) is 17.6 Å². The first-order valence-corrected chi connectivity index (χ1v) is 10.5. The SMILES string of the molecule is O=C(CCc1ccccc1)N[C@H](Cc1ccccc1)c1nc(-c2ccc([N+](=O)[O-])cc2)no1. The van der Waals surface area contributed by atoms with Gasteiger partial charge < -0.3 is 9.84 Å². The maximum absolute atomic E-state index is 12.7. The van der Waals surface area contributed by atoms with Crippen LogP contribution in [-0.4, -0.2) is 21.0 Å². The minimum absolute atomic E-state index is 0.0184. The van der Waals surface area contributed by atoms with E-state index in [9.17, 15) is 14.9 Å². The molecule has 0 fully saturated rings. The van der Waals surface area contributed by atoms with Gasteiger partial charge in [-0.25, -0.2) is 0 Å². The van der Waals surface area contributed by atoms with Gasteiger partial charge in [-0.1, -0.05) is 65.8 Å². The molecule has 0 aliphatic heterocycles. The lowest BCUT2D eigenvalue weighted by atomic mass is 10.0. The Labute approximate surface area is 190 Å². The number of nitro benzene ring substituents is 1. The number of nitrogens with zero attached hydrogens (tertiary/aromatic N) is 3. The van der Waals surface area contributed by atoms with E-state index in [2.05, 4.69) is 15.5 Å². The van der Waals surface area contributed by atoms with Gasteiger partial charge in [0.05, 0.1) is 4.92 Å². The number of hydrogen-bond donors (Lipinski definition) is 1. The molecule has 1 amide bonds. The summed E-state index contributed by atoms with van der Waals surface area (Å²) < 4.78 is 5.49. The lowest BCUT2D eigenvalue weighted by molar-refractivity contribution is -0.384. The highest BCUT2D eigenvalue weighted by Crippen LogP contribution is 2.23. The number of non-ortho nitro benzene ring substituents is 1. The van der Waals surface area contributed by atoms with Crippen LogP contribution in [0.5, 0.6) is 0 Å². The largest absolute Gasteiger partial charge is 0.344 e. The topological polar surface area (TPSA) is 111 Å². The van der Waals surface area contributed by atoms with Crippen LogP contribution in [0, 0.1) is 10.1 Å². The van der Waals surface area contributed by atoms with Crippen LogP contribution in [0.3, 0.4) is 0 Å². The Hall–Kier alpha value is -4.33. The van der Waals surface area contributed by atoms with Crippen LogP contribution in [-0.2, 0) is 17.6 Å². The molecule has 0 aliphatic rings. The summed E-state index contributed by atoms with van der Waals surface area (Å²) in [6.45, 7) is 0. The highest BCUT2D eigenvalue weighted by atomic mass is 16.6. The summed E-state index contributed by atoms with van der Waals surface area (Å²) in [5.41, 5.74) is 2.67. The maximum atomic E-state index is 12.7. The Bertz CT molecular complexity index is 1210. The van der Waals surface area contributed by atoms with E-state index in [1.807, 2.05) is 60.7 Å². The average Bonchev–Trinajstić information content (AvgIpc) is 3.34. The number of carbonyl (C=O) groups is 1. The number of benzene rings is 3. The zero-order chi connectivity index (χ0) is 23.0. The molecule has 8 heteroatoms. The highest BCUT2D eigenvalue weighted by Gasteiger charge is 2.22. The molecule has 0 bridgehead atoms. The first-order chi connectivity index (χ1) is 16.1. The second-order valence-electron chi connectivity index (χ2n) is 7.56. The Morgan fingerprint density at radius 3 is 2.21 bits per heavy atom. The molecule has 1 N–H and O–H groups in total. The number of aryl methyl sites for hydroxylation is 1. The van der Waals surface area contributed by atoms with E-state index in [1.54, 1.807) is 12.1 Å². The van der Waals surface area contributed by atoms with Crippen LogP contribution < -0.4 is 5.32 Å². The van der Waals surface area contributed by atoms with E-state index in [0.29, 0.717) is 30.7 Å². The minimum atomic E-state index is -0.505. The molecule has 0 aliphatic carbocycles. The van der Waals surface area contributed by atoms with Crippen LogP contribution in [0.15, 0.2) is 89.5 Å². The number of rotatable bonds is 9. The van der Waals surface area contributed by atoms with Crippen molar-refractivity contribution in [2.24, 2.45) is 0 Å². The number of carbonyl (C=O) groups excluding carboxylic acids is 1. The summed E-state index contributed by atoms with van der Waals surface area (Å²) in [5, 5.41) is 17.9. The molecule has 8 nitrogen and oxygen atoms in total. The molecule has 4 aromatic rings. The van der Waals surface area contributed by atoms with Crippen LogP contribution in [0.1, 0.15) is 29.5 Å². The Morgan fingerprint density at radius 1 is 0.939 bits per heavy atom. The summed E-state index contributed by atoms with van der Waals surface area (Å²) in [5.74, 6) is 0.464. The van der Waals surface area contributed by atoms with Gasteiger partial charge >= 0.3 is 0 Å². The highest BCUT2D eigenvalue weighted by molar-refractivity contribution is 5.76. The molecule has 1 heterocycles. The second-order valence-corrected chi connectivity index (χ2v) is 7.56. The van der Waals surface area contributed by atoms with E-state index in [0.717, 1.165) is 11.1 Å². The lowest BCUT2D eigenvalue weighted by Crippen LogP contribution is -2.30. The van der Waals surface area contributed by atoms with Gasteiger partial charge in [-0.2, -0.15) is 4.98 Å². The monoisotopic (exact) mass is 442 g/mol. The predicted molar refractivity (Wildman–Crippen MR) is 122 cm³/mol. The van der Waals surface area contributed by atoms with Crippen molar-refractivity contribution in [1.82, 2.24) is 15.5 Å². The number of amides is 1. The van der Waals surface area contributed by atoms with Gasteiger partial charge in [0, 0.05) is 30.5 Å². The van der Waals surface area contributed by atoms with Crippen molar-refractivity contribution < 1.29 is 14.2 Å². The van der Waals surface area contributed by atoms with E-state index < -0.39 is 11.0 Å². The van der Waals surface area contributed by atoms with Crippen molar-refractivity contribution in [1.29, 1.82) is 0 Å². The quantitative estimate of drug-likeness (QED) is 0.298. The van der Waals surface area contributed by atoms with Crippen molar-refractivity contribution in [3.05, 3.63) is 112 Å². The van der Waals surface area contributed by atoms with Gasteiger partial charge in [0.25, 0.3) is 5.69 Å². The zero-order valence-corrected chi connectivity index (χ0v) is 17.8. The summed E-state index contributed by atoms with van der Waals surface area (Å²) in [4.78, 5) is 27.6. The molecule has 3 aromatic carbocycles. The van der Waals surface area contributed by atoms with Crippen LogP contribution in [0.4, 0.5) is 5.69 Å². The number of aromatic nitrogens is 2. The fraction of sp³-hybridized carbons (Fsp3) is 0.160. The van der Waals surface area contributed by atoms with Crippen molar-refractivity contribution in [3.63, 3.8) is 0 Å². The van der Waals surface area contributed by atoms with Gasteiger partial charge in [0.1, 0.15) is 6.04 Å². The molecule has 0 saturated heterocycles. The summed E-state index contributed by atoms with van der Waals surface area (Å²) >= 11 is 0. The zero-order valence-electron chi connectivity index (χ0n) is 17.8. The summed E-state index contributed by atoms with van der Waals surface area (Å²) in [6.07, 6.45) is 1.45. The Kier molecular flexibility index (Phi) is 6.84. The summed E-state index contributed by atoms with van der Waals surface area (Å²) in [7, 11) is 0. The smallest absolute Gasteiger partial charge is 0.269 e. The number of nitrogens with one attached hydrogen (secondary N) is 1. The molecule has 1 atom stereocenters. The van der Waals surface area contributed by atoms with Crippen molar-refractivity contribution in [3.8, 4) is 11.4 Å². The Balaban J connectivity index is 1.50. The van der Waals surface area contributed by atoms with Crippen molar-refractivity contribution >= 4 is 11.6 Å². The predicted octanol–water partition coefficient (Wildman–Crippen LogP) is 4.68. The fourth-order valence-corrected chi connectivity index (χ4v) is 3.45. The second kappa shape index (κ2) is 10.3. The van der Waals surface area contributed by atoms with Crippen LogP contribution in [0.2, 0.25) is 0 Å². The standard InChI is InChI=1S/C25H22N4O4/c30-23(16-11-18-7-3-1-4-8-18)26-22(17-19-9-5-2-6-10-19)25-27-24(28-33-25)20-12-14-21(15-13-20)29(31)32/h1-10,12-15,22H,11,16-17H2,(H,26,30)/t22-/m1/s1. The van der Waals surface area contributed by atoms with Gasteiger partial charge in [0.15, 0.2) is 0 Å². The molecule has 33 heavy (non-hydrogen) atoms. The van der Waals surface area contributed by atoms with Gasteiger partial charge in [-0.3, -0.25) is 14.9 Å². The molecular formula is C25H22N4O4. The van der Waals surface area contributed by atoms with E-state index in [4.69, 9.17) is 4.52 Å². The first-order valence-electron chi connectivity index (χ1n) is 10.5. The third-order valence-corrected chi connectivity index (χ3v) is 5.18. The average molecular weight is 442 g/mol. The first kappa shape index (κ1) is 21.9. The molecular weight excluding hydrogens is 420 g/mol. The fourth-order valence-electron chi connectivity index (χ4n) is 3.45. The van der Waals surface area contributed by atoms with Gasteiger partial charge in [-0.15, -0.1) is 0 Å². The third-order valence-electron chi connectivity index (χ3n) is 5.18.